The van der Waals surface area contributed by atoms with E-state index in [1.165, 1.54) is 12.8 Å². The summed E-state index contributed by atoms with van der Waals surface area (Å²) in [6.45, 7) is 4.47. The van der Waals surface area contributed by atoms with E-state index in [4.69, 9.17) is 10.5 Å². The van der Waals surface area contributed by atoms with Crippen LogP contribution in [0.2, 0.25) is 0 Å². The zero-order valence-corrected chi connectivity index (χ0v) is 11.7. The van der Waals surface area contributed by atoms with Gasteiger partial charge in [-0.3, -0.25) is 4.79 Å². The summed E-state index contributed by atoms with van der Waals surface area (Å²) in [6, 6.07) is 5.29. The number of hydrogen-bond donors (Lipinski definition) is 2. The molecular weight excluding hydrogens is 240 g/mol. The third-order valence-electron chi connectivity index (χ3n) is 3.70. The van der Waals surface area contributed by atoms with Gasteiger partial charge in [0.15, 0.2) is 5.75 Å². The van der Waals surface area contributed by atoms with Crippen molar-refractivity contribution in [3.63, 3.8) is 0 Å². The molecule has 0 aromatic heterocycles. The summed E-state index contributed by atoms with van der Waals surface area (Å²) >= 11 is 0. The zero-order valence-electron chi connectivity index (χ0n) is 11.7. The van der Waals surface area contributed by atoms with E-state index >= 15 is 0 Å². The largest absolute Gasteiger partial charge is 0.491 e. The van der Waals surface area contributed by atoms with Gasteiger partial charge in [-0.1, -0.05) is 18.9 Å². The number of carbonyl (C=O) groups excluding carboxylic acids is 1. The lowest BCUT2D eigenvalue weighted by molar-refractivity contribution is 0.0904. The molecule has 0 saturated heterocycles. The van der Waals surface area contributed by atoms with Crippen LogP contribution in [0.3, 0.4) is 0 Å². The Morgan fingerprint density at radius 1 is 1.42 bits per heavy atom. The van der Waals surface area contributed by atoms with Crippen molar-refractivity contribution in [3.8, 4) is 5.75 Å². The summed E-state index contributed by atoms with van der Waals surface area (Å²) < 4.78 is 5.50. The number of amides is 1. The Morgan fingerprint density at radius 3 is 2.74 bits per heavy atom. The lowest BCUT2D eigenvalue weighted by atomic mass is 10.00. The van der Waals surface area contributed by atoms with Gasteiger partial charge >= 0.3 is 0 Å². The van der Waals surface area contributed by atoms with E-state index in [2.05, 4.69) is 12.2 Å². The molecule has 1 aliphatic carbocycles. The van der Waals surface area contributed by atoms with Gasteiger partial charge in [-0.15, -0.1) is 0 Å². The quantitative estimate of drug-likeness (QED) is 0.820. The van der Waals surface area contributed by atoms with Gasteiger partial charge in [-0.2, -0.15) is 0 Å². The Morgan fingerprint density at radius 2 is 2.11 bits per heavy atom. The minimum absolute atomic E-state index is 0.0921. The molecule has 0 radical (unpaired) electrons. The first-order valence-electron chi connectivity index (χ1n) is 6.89. The molecule has 2 rings (SSSR count). The first-order valence-corrected chi connectivity index (χ1v) is 6.89. The molecule has 0 heterocycles. The molecule has 0 unspecified atom stereocenters. The highest BCUT2D eigenvalue weighted by molar-refractivity contribution is 5.99. The highest BCUT2D eigenvalue weighted by atomic mass is 16.5. The van der Waals surface area contributed by atoms with Crippen molar-refractivity contribution in [2.75, 3.05) is 12.3 Å². The Hall–Kier alpha value is -1.71. The standard InChI is InChI=1S/C15H22N2O2/c1-3-19-13-11(7-6-8-12(13)16)14(18)17-15(2)9-4-5-10-15/h6-8H,3-5,9-10,16H2,1-2H3,(H,17,18). The average molecular weight is 262 g/mol. The molecule has 104 valence electrons. The van der Waals surface area contributed by atoms with Crippen LogP contribution >= 0.6 is 0 Å². The number of nitrogens with one attached hydrogen (secondary N) is 1. The van der Waals surface area contributed by atoms with E-state index in [0.717, 1.165) is 12.8 Å². The van der Waals surface area contributed by atoms with E-state index in [9.17, 15) is 4.79 Å². The Labute approximate surface area is 114 Å². The maximum absolute atomic E-state index is 12.4. The maximum Gasteiger partial charge on any atom is 0.255 e. The molecule has 19 heavy (non-hydrogen) atoms. The molecule has 3 N–H and O–H groups in total. The highest BCUT2D eigenvalue weighted by Crippen LogP contribution is 2.31. The second-order valence-electron chi connectivity index (χ2n) is 5.38. The van der Waals surface area contributed by atoms with E-state index < -0.39 is 0 Å². The second kappa shape index (κ2) is 5.51. The minimum Gasteiger partial charge on any atom is -0.491 e. The van der Waals surface area contributed by atoms with Crippen LogP contribution in [0.25, 0.3) is 0 Å². The van der Waals surface area contributed by atoms with Gasteiger partial charge in [0.05, 0.1) is 17.9 Å². The molecule has 0 bridgehead atoms. The fraction of sp³-hybridized carbons (Fsp3) is 0.533. The molecule has 1 aromatic carbocycles. The molecule has 1 aromatic rings. The van der Waals surface area contributed by atoms with Gasteiger partial charge in [0.1, 0.15) is 0 Å². The number of para-hydroxylation sites is 1. The van der Waals surface area contributed by atoms with Gasteiger partial charge in [0, 0.05) is 5.54 Å². The summed E-state index contributed by atoms with van der Waals surface area (Å²) in [7, 11) is 0. The molecule has 1 saturated carbocycles. The summed E-state index contributed by atoms with van der Waals surface area (Å²) in [6.07, 6.45) is 4.41. The van der Waals surface area contributed by atoms with Crippen LogP contribution in [0, 0.1) is 0 Å². The molecule has 4 heteroatoms. The van der Waals surface area contributed by atoms with Crippen LogP contribution in [-0.4, -0.2) is 18.1 Å². The zero-order chi connectivity index (χ0) is 13.9. The average Bonchev–Trinajstić information content (AvgIpc) is 2.78. The second-order valence-corrected chi connectivity index (χ2v) is 5.38. The Balaban J connectivity index is 2.21. The molecular formula is C15H22N2O2. The minimum atomic E-state index is -0.0971. The van der Waals surface area contributed by atoms with E-state index in [0.29, 0.717) is 23.6 Å². The SMILES string of the molecule is CCOc1c(N)cccc1C(=O)NC1(C)CCCC1. The van der Waals surface area contributed by atoms with Crippen molar-refractivity contribution in [3.05, 3.63) is 23.8 Å². The molecule has 1 aliphatic rings. The lowest BCUT2D eigenvalue weighted by Crippen LogP contribution is -2.43. The van der Waals surface area contributed by atoms with E-state index in [-0.39, 0.29) is 11.4 Å². The number of carbonyl (C=O) groups is 1. The smallest absolute Gasteiger partial charge is 0.255 e. The molecule has 4 nitrogen and oxygen atoms in total. The van der Waals surface area contributed by atoms with Crippen molar-refractivity contribution >= 4 is 11.6 Å². The van der Waals surface area contributed by atoms with E-state index in [1.807, 2.05) is 6.92 Å². The number of nitrogen functional groups attached to an aromatic ring is 1. The molecule has 1 fully saturated rings. The van der Waals surface area contributed by atoms with Crippen LogP contribution in [-0.2, 0) is 0 Å². The number of hydrogen-bond acceptors (Lipinski definition) is 3. The van der Waals surface area contributed by atoms with Crippen LogP contribution in [0.1, 0.15) is 49.9 Å². The lowest BCUT2D eigenvalue weighted by Gasteiger charge is -2.26. The normalized spacial score (nSPS) is 17.2. The maximum atomic E-state index is 12.4. The summed E-state index contributed by atoms with van der Waals surface area (Å²) in [5, 5.41) is 3.12. The van der Waals surface area contributed by atoms with Gasteiger partial charge in [-0.25, -0.2) is 0 Å². The fourth-order valence-electron chi connectivity index (χ4n) is 2.66. The number of benzene rings is 1. The van der Waals surface area contributed by atoms with Crippen LogP contribution in [0.5, 0.6) is 5.75 Å². The molecule has 0 spiro atoms. The monoisotopic (exact) mass is 262 g/mol. The third-order valence-corrected chi connectivity index (χ3v) is 3.70. The molecule has 0 aliphatic heterocycles. The van der Waals surface area contributed by atoms with Crippen molar-refractivity contribution in [1.82, 2.24) is 5.32 Å². The number of nitrogens with two attached hydrogens (primary N) is 1. The predicted molar refractivity (Wildman–Crippen MR) is 76.4 cm³/mol. The topological polar surface area (TPSA) is 64.3 Å². The fourth-order valence-corrected chi connectivity index (χ4v) is 2.66. The number of anilines is 1. The molecule has 0 atom stereocenters. The summed E-state index contributed by atoms with van der Waals surface area (Å²) in [5.41, 5.74) is 6.82. The van der Waals surface area contributed by atoms with Crippen LogP contribution in [0.15, 0.2) is 18.2 Å². The predicted octanol–water partition coefficient (Wildman–Crippen LogP) is 2.73. The van der Waals surface area contributed by atoms with Crippen molar-refractivity contribution in [1.29, 1.82) is 0 Å². The summed E-state index contributed by atoms with van der Waals surface area (Å²) in [4.78, 5) is 12.4. The first kappa shape index (κ1) is 13.7. The van der Waals surface area contributed by atoms with E-state index in [1.54, 1.807) is 18.2 Å². The van der Waals surface area contributed by atoms with Crippen molar-refractivity contribution < 1.29 is 9.53 Å². The Kier molecular flexibility index (Phi) is 3.98. The van der Waals surface area contributed by atoms with Crippen molar-refractivity contribution in [2.24, 2.45) is 0 Å². The van der Waals surface area contributed by atoms with Crippen LogP contribution in [0.4, 0.5) is 5.69 Å². The third kappa shape index (κ3) is 3.00. The summed E-state index contributed by atoms with van der Waals surface area (Å²) in [5.74, 6) is 0.393. The van der Waals surface area contributed by atoms with Crippen LogP contribution < -0.4 is 15.8 Å². The van der Waals surface area contributed by atoms with Crippen molar-refractivity contribution in [2.45, 2.75) is 45.1 Å². The Bertz CT molecular complexity index is 465. The molecule has 1 amide bonds. The number of rotatable bonds is 4. The number of ether oxygens (including phenoxy) is 1. The van der Waals surface area contributed by atoms with Gasteiger partial charge in [0.2, 0.25) is 0 Å². The van der Waals surface area contributed by atoms with Gasteiger partial charge in [0.25, 0.3) is 5.91 Å². The highest BCUT2D eigenvalue weighted by Gasteiger charge is 2.31. The van der Waals surface area contributed by atoms with Gasteiger partial charge in [-0.05, 0) is 38.8 Å². The van der Waals surface area contributed by atoms with Gasteiger partial charge < -0.3 is 15.8 Å². The first-order chi connectivity index (χ1) is 9.06.